The van der Waals surface area contributed by atoms with E-state index in [0.29, 0.717) is 0 Å². The minimum atomic E-state index is 0.0971. The number of ketones is 1. The number of benzene rings is 1. The van der Waals surface area contributed by atoms with E-state index in [1.165, 1.54) is 0 Å². The highest BCUT2D eigenvalue weighted by atomic mass is 35.5. The predicted molar refractivity (Wildman–Crippen MR) is 73.3 cm³/mol. The summed E-state index contributed by atoms with van der Waals surface area (Å²) < 4.78 is 0. The van der Waals surface area contributed by atoms with Crippen LogP contribution in [0.25, 0.3) is 0 Å². The van der Waals surface area contributed by atoms with Gasteiger partial charge in [0.25, 0.3) is 0 Å². The van der Waals surface area contributed by atoms with E-state index in [-0.39, 0.29) is 5.78 Å². The number of allylic oxidation sites excluding steroid dienone is 2. The van der Waals surface area contributed by atoms with Crippen LogP contribution in [-0.2, 0) is 4.79 Å². The number of unbranched alkanes of at least 4 members (excludes halogenated alkanes) is 2. The average Bonchev–Trinajstić information content (AvgIpc) is 2.30. The zero-order valence-electron chi connectivity index (χ0n) is 9.90. The number of halogens is 1. The second-order valence-electron chi connectivity index (χ2n) is 3.73. The fourth-order valence-corrected chi connectivity index (χ4v) is 1.40. The molecule has 3 heteroatoms. The van der Waals surface area contributed by atoms with Crippen LogP contribution >= 0.6 is 11.6 Å². The quantitative estimate of drug-likeness (QED) is 0.418. The van der Waals surface area contributed by atoms with Crippen LogP contribution in [0, 0.1) is 0 Å². The number of nitrogens with zero attached hydrogens (tertiary/aromatic N) is 1. The van der Waals surface area contributed by atoms with Gasteiger partial charge in [-0.15, -0.1) is 0 Å². The number of hydrogen-bond donors (Lipinski definition) is 0. The van der Waals surface area contributed by atoms with Gasteiger partial charge >= 0.3 is 0 Å². The van der Waals surface area contributed by atoms with Crippen LogP contribution in [0.15, 0.2) is 41.4 Å². The molecule has 0 amide bonds. The van der Waals surface area contributed by atoms with E-state index in [2.05, 4.69) is 4.99 Å². The standard InChI is InChI=1S/C14H16ClNO/c1-12(17)6-4-2-3-5-11-16-14-9-7-13(15)8-10-14/h4,6-11H,2-3,5H2,1H3/b6-4+,16-11?. The van der Waals surface area contributed by atoms with E-state index in [1.807, 2.05) is 36.6 Å². The molecule has 0 saturated carbocycles. The molecule has 0 atom stereocenters. The van der Waals surface area contributed by atoms with E-state index >= 15 is 0 Å². The van der Waals surface area contributed by atoms with Crippen molar-refractivity contribution in [3.8, 4) is 0 Å². The average molecular weight is 250 g/mol. The summed E-state index contributed by atoms with van der Waals surface area (Å²) in [5.41, 5.74) is 0.911. The van der Waals surface area contributed by atoms with Gasteiger partial charge in [0.1, 0.15) is 0 Å². The summed E-state index contributed by atoms with van der Waals surface area (Å²) in [7, 11) is 0. The van der Waals surface area contributed by atoms with Gasteiger partial charge in [-0.05, 0) is 56.5 Å². The molecule has 17 heavy (non-hydrogen) atoms. The lowest BCUT2D eigenvalue weighted by atomic mass is 10.2. The zero-order chi connectivity index (χ0) is 12.5. The molecular weight excluding hydrogens is 234 g/mol. The van der Waals surface area contributed by atoms with Gasteiger partial charge in [-0.25, -0.2) is 0 Å². The van der Waals surface area contributed by atoms with E-state index in [9.17, 15) is 4.79 Å². The Labute approximate surface area is 107 Å². The summed E-state index contributed by atoms with van der Waals surface area (Å²) in [6.07, 6.45) is 8.22. The molecule has 1 aromatic carbocycles. The smallest absolute Gasteiger partial charge is 0.152 e. The molecule has 1 aromatic rings. The number of hydrogen-bond acceptors (Lipinski definition) is 2. The zero-order valence-corrected chi connectivity index (χ0v) is 10.7. The van der Waals surface area contributed by atoms with Crippen molar-refractivity contribution in [2.45, 2.75) is 26.2 Å². The molecule has 0 aliphatic rings. The number of aliphatic imine (C=N–C) groups is 1. The molecule has 0 heterocycles. The van der Waals surface area contributed by atoms with Gasteiger partial charge < -0.3 is 0 Å². The maximum Gasteiger partial charge on any atom is 0.152 e. The topological polar surface area (TPSA) is 29.4 Å². The molecule has 0 bridgehead atoms. The molecule has 0 aliphatic carbocycles. The molecule has 0 saturated heterocycles. The summed E-state index contributed by atoms with van der Waals surface area (Å²) >= 11 is 5.77. The van der Waals surface area contributed by atoms with Crippen LogP contribution < -0.4 is 0 Å². The third-order valence-corrected chi connectivity index (χ3v) is 2.38. The Hall–Kier alpha value is -1.41. The molecule has 0 fully saturated rings. The van der Waals surface area contributed by atoms with Gasteiger partial charge in [-0.2, -0.15) is 0 Å². The summed E-state index contributed by atoms with van der Waals surface area (Å²) in [4.78, 5) is 14.9. The van der Waals surface area contributed by atoms with E-state index in [1.54, 1.807) is 13.0 Å². The van der Waals surface area contributed by atoms with Crippen molar-refractivity contribution in [1.29, 1.82) is 0 Å². The van der Waals surface area contributed by atoms with Crippen LogP contribution in [0.3, 0.4) is 0 Å². The molecule has 0 aliphatic heterocycles. The van der Waals surface area contributed by atoms with Crippen molar-refractivity contribution in [2.75, 3.05) is 0 Å². The summed E-state index contributed by atoms with van der Waals surface area (Å²) in [5.74, 6) is 0.0971. The Kier molecular flexibility index (Phi) is 6.26. The van der Waals surface area contributed by atoms with Crippen LogP contribution in [0.4, 0.5) is 5.69 Å². The first-order valence-electron chi connectivity index (χ1n) is 5.63. The third-order valence-electron chi connectivity index (χ3n) is 2.12. The molecule has 0 spiro atoms. The monoisotopic (exact) mass is 249 g/mol. The number of rotatable bonds is 6. The Morgan fingerprint density at radius 3 is 2.65 bits per heavy atom. The van der Waals surface area contributed by atoms with Crippen LogP contribution in [0.5, 0.6) is 0 Å². The van der Waals surface area contributed by atoms with Crippen molar-refractivity contribution in [3.05, 3.63) is 41.4 Å². The molecule has 0 unspecified atom stereocenters. The molecule has 1 rings (SSSR count). The van der Waals surface area contributed by atoms with Gasteiger partial charge in [-0.1, -0.05) is 17.7 Å². The van der Waals surface area contributed by atoms with Crippen molar-refractivity contribution in [3.63, 3.8) is 0 Å². The maximum atomic E-state index is 10.6. The summed E-state index contributed by atoms with van der Waals surface area (Å²) in [6, 6.07) is 7.41. The van der Waals surface area contributed by atoms with Crippen LogP contribution in [0.2, 0.25) is 5.02 Å². The Morgan fingerprint density at radius 1 is 1.29 bits per heavy atom. The second kappa shape index (κ2) is 7.80. The van der Waals surface area contributed by atoms with Crippen molar-refractivity contribution < 1.29 is 4.79 Å². The minimum Gasteiger partial charge on any atom is -0.295 e. The van der Waals surface area contributed by atoms with Gasteiger partial charge in [0.15, 0.2) is 5.78 Å². The van der Waals surface area contributed by atoms with E-state index < -0.39 is 0 Å². The highest BCUT2D eigenvalue weighted by Crippen LogP contribution is 2.15. The molecule has 0 aromatic heterocycles. The lowest BCUT2D eigenvalue weighted by molar-refractivity contribution is -0.112. The Bertz CT molecular complexity index is 407. The minimum absolute atomic E-state index is 0.0971. The SMILES string of the molecule is CC(=O)/C=C/CCCC=Nc1ccc(Cl)cc1. The van der Waals surface area contributed by atoms with Crippen LogP contribution in [0.1, 0.15) is 26.2 Å². The largest absolute Gasteiger partial charge is 0.295 e. The third kappa shape index (κ3) is 6.69. The number of carbonyl (C=O) groups excluding carboxylic acids is 1. The fraction of sp³-hybridized carbons (Fsp3) is 0.286. The molecular formula is C14H16ClNO. The maximum absolute atomic E-state index is 10.6. The summed E-state index contributed by atoms with van der Waals surface area (Å²) in [6.45, 7) is 1.55. The highest BCUT2D eigenvalue weighted by Gasteiger charge is 1.88. The number of carbonyl (C=O) groups is 1. The first kappa shape index (κ1) is 13.7. The van der Waals surface area contributed by atoms with E-state index in [4.69, 9.17) is 11.6 Å². The first-order chi connectivity index (χ1) is 8.18. The van der Waals surface area contributed by atoms with E-state index in [0.717, 1.165) is 30.0 Å². The lowest BCUT2D eigenvalue weighted by Gasteiger charge is -1.93. The lowest BCUT2D eigenvalue weighted by Crippen LogP contribution is -1.80. The van der Waals surface area contributed by atoms with Crippen LogP contribution in [-0.4, -0.2) is 12.0 Å². The normalized spacial score (nSPS) is 11.4. The highest BCUT2D eigenvalue weighted by molar-refractivity contribution is 6.30. The van der Waals surface area contributed by atoms with Gasteiger partial charge in [0.05, 0.1) is 5.69 Å². The van der Waals surface area contributed by atoms with Crippen molar-refractivity contribution in [2.24, 2.45) is 4.99 Å². The van der Waals surface area contributed by atoms with Gasteiger partial charge in [0.2, 0.25) is 0 Å². The first-order valence-corrected chi connectivity index (χ1v) is 6.01. The van der Waals surface area contributed by atoms with Gasteiger partial charge in [0, 0.05) is 11.2 Å². The molecule has 2 nitrogen and oxygen atoms in total. The second-order valence-corrected chi connectivity index (χ2v) is 4.17. The van der Waals surface area contributed by atoms with Gasteiger partial charge in [-0.3, -0.25) is 9.79 Å². The Morgan fingerprint density at radius 2 is 2.00 bits per heavy atom. The predicted octanol–water partition coefficient (Wildman–Crippen LogP) is 4.36. The summed E-state index contributed by atoms with van der Waals surface area (Å²) in [5, 5.41) is 0.721. The fourth-order valence-electron chi connectivity index (χ4n) is 1.27. The molecule has 0 radical (unpaired) electrons. The van der Waals surface area contributed by atoms with Crippen molar-refractivity contribution >= 4 is 29.3 Å². The molecule has 90 valence electrons. The Balaban J connectivity index is 2.22. The molecule has 0 N–H and O–H groups in total. The van der Waals surface area contributed by atoms with Crippen molar-refractivity contribution in [1.82, 2.24) is 0 Å².